The highest BCUT2D eigenvalue weighted by Crippen LogP contribution is 2.27. The number of nitrogens with zero attached hydrogens (tertiary/aromatic N) is 3. The summed E-state index contributed by atoms with van der Waals surface area (Å²) in [5.74, 6) is 0. The summed E-state index contributed by atoms with van der Waals surface area (Å²) in [6.45, 7) is 3.49. The van der Waals surface area contributed by atoms with Gasteiger partial charge in [0.1, 0.15) is 0 Å². The van der Waals surface area contributed by atoms with Gasteiger partial charge in [-0.1, -0.05) is 6.42 Å². The van der Waals surface area contributed by atoms with Crippen LogP contribution in [0.2, 0.25) is 0 Å². The van der Waals surface area contributed by atoms with E-state index in [1.165, 1.54) is 44.5 Å². The third-order valence-electron chi connectivity index (χ3n) is 4.54. The van der Waals surface area contributed by atoms with Gasteiger partial charge in [0, 0.05) is 42.9 Å². The van der Waals surface area contributed by atoms with E-state index in [1.54, 1.807) is 11.3 Å². The maximum atomic E-state index is 4.64. The second kappa shape index (κ2) is 4.89. The minimum absolute atomic E-state index is 0.667. The molecule has 0 amide bonds. The van der Waals surface area contributed by atoms with Crippen LogP contribution in [0.1, 0.15) is 31.4 Å². The van der Waals surface area contributed by atoms with E-state index in [4.69, 9.17) is 0 Å². The number of nitrogens with one attached hydrogen (secondary N) is 1. The van der Waals surface area contributed by atoms with Gasteiger partial charge in [-0.25, -0.2) is 4.98 Å². The van der Waals surface area contributed by atoms with Crippen molar-refractivity contribution in [1.29, 1.82) is 0 Å². The molecule has 102 valence electrons. The summed E-state index contributed by atoms with van der Waals surface area (Å²) in [6, 6.07) is 1.44. The maximum absolute atomic E-state index is 4.64. The molecule has 2 aromatic rings. The quantitative estimate of drug-likeness (QED) is 0.932. The third kappa shape index (κ3) is 2.20. The monoisotopic (exact) mass is 276 g/mol. The van der Waals surface area contributed by atoms with Crippen molar-refractivity contribution in [2.45, 2.75) is 44.3 Å². The van der Waals surface area contributed by atoms with E-state index in [0.29, 0.717) is 6.04 Å². The summed E-state index contributed by atoms with van der Waals surface area (Å²) in [6.07, 6.45) is 9.68. The Morgan fingerprint density at radius 2 is 2.32 bits per heavy atom. The van der Waals surface area contributed by atoms with Gasteiger partial charge >= 0.3 is 0 Å². The van der Waals surface area contributed by atoms with Crippen LogP contribution in [-0.4, -0.2) is 39.5 Å². The van der Waals surface area contributed by atoms with E-state index in [2.05, 4.69) is 37.4 Å². The molecule has 4 heterocycles. The molecule has 0 bridgehead atoms. The van der Waals surface area contributed by atoms with Gasteiger partial charge in [0.25, 0.3) is 0 Å². The van der Waals surface area contributed by atoms with E-state index < -0.39 is 0 Å². The van der Waals surface area contributed by atoms with Gasteiger partial charge in [-0.2, -0.15) is 0 Å². The highest BCUT2D eigenvalue weighted by atomic mass is 32.1. The molecule has 4 nitrogen and oxygen atoms in total. The molecule has 1 N–H and O–H groups in total. The Hall–Kier alpha value is -0.910. The summed E-state index contributed by atoms with van der Waals surface area (Å²) >= 11 is 1.70. The van der Waals surface area contributed by atoms with E-state index >= 15 is 0 Å². The molecule has 2 atom stereocenters. The molecule has 2 aromatic heterocycles. The molecule has 2 fully saturated rings. The third-order valence-corrected chi connectivity index (χ3v) is 5.32. The molecule has 19 heavy (non-hydrogen) atoms. The molecule has 0 spiro atoms. The Labute approximate surface area is 117 Å². The van der Waals surface area contributed by atoms with Crippen LogP contribution in [0.25, 0.3) is 4.96 Å². The molecule has 0 radical (unpaired) electrons. The summed E-state index contributed by atoms with van der Waals surface area (Å²) in [7, 11) is 0. The van der Waals surface area contributed by atoms with Crippen LogP contribution in [0, 0.1) is 0 Å². The van der Waals surface area contributed by atoms with Gasteiger partial charge in [-0.3, -0.25) is 9.30 Å². The number of hydrogen-bond donors (Lipinski definition) is 1. The number of thiazole rings is 1. The maximum Gasteiger partial charge on any atom is 0.193 e. The largest absolute Gasteiger partial charge is 0.307 e. The Kier molecular flexibility index (Phi) is 3.06. The number of fused-ring (bicyclic) bond motifs is 2. The fourth-order valence-corrected chi connectivity index (χ4v) is 4.30. The Balaban J connectivity index is 1.40. The molecule has 5 heteroatoms. The molecular formula is C14H20N4S. The predicted octanol–water partition coefficient (Wildman–Crippen LogP) is 2.11. The van der Waals surface area contributed by atoms with Crippen molar-refractivity contribution in [3.05, 3.63) is 23.5 Å². The first-order chi connectivity index (χ1) is 9.40. The van der Waals surface area contributed by atoms with Crippen LogP contribution >= 0.6 is 11.3 Å². The minimum atomic E-state index is 0.667. The molecule has 0 saturated carbocycles. The van der Waals surface area contributed by atoms with Crippen LogP contribution in [-0.2, 0) is 6.54 Å². The average Bonchev–Trinajstić information content (AvgIpc) is 3.10. The lowest BCUT2D eigenvalue weighted by atomic mass is 9.99. The zero-order chi connectivity index (χ0) is 12.7. The molecular weight excluding hydrogens is 256 g/mol. The standard InChI is InChI=1S/C14H20N4S/c1-2-5-17-6-4-12(13(17)3-1)15-9-11-10-18-7-8-19-14(18)16-11/h7-8,10,12-13,15H,1-6,9H2. The first kappa shape index (κ1) is 11.9. The van der Waals surface area contributed by atoms with Crippen molar-refractivity contribution in [2.24, 2.45) is 0 Å². The fraction of sp³-hybridized carbons (Fsp3) is 0.643. The lowest BCUT2D eigenvalue weighted by molar-refractivity contribution is 0.180. The van der Waals surface area contributed by atoms with Crippen molar-refractivity contribution in [3.63, 3.8) is 0 Å². The van der Waals surface area contributed by atoms with E-state index in [-0.39, 0.29) is 0 Å². The van der Waals surface area contributed by atoms with E-state index in [9.17, 15) is 0 Å². The van der Waals surface area contributed by atoms with Gasteiger partial charge in [-0.15, -0.1) is 11.3 Å². The Bertz CT molecular complexity index is 532. The molecule has 2 unspecified atom stereocenters. The second-order valence-corrected chi connectivity index (χ2v) is 6.57. The molecule has 4 rings (SSSR count). The van der Waals surface area contributed by atoms with Crippen LogP contribution in [0.4, 0.5) is 0 Å². The Morgan fingerprint density at radius 3 is 3.26 bits per heavy atom. The van der Waals surface area contributed by atoms with Crippen LogP contribution in [0.15, 0.2) is 17.8 Å². The molecule has 0 aliphatic carbocycles. The van der Waals surface area contributed by atoms with Gasteiger partial charge in [0.05, 0.1) is 5.69 Å². The van der Waals surface area contributed by atoms with Gasteiger partial charge in [-0.05, 0) is 25.8 Å². The smallest absolute Gasteiger partial charge is 0.193 e. The normalized spacial score (nSPS) is 28.0. The zero-order valence-corrected chi connectivity index (χ0v) is 11.9. The van der Waals surface area contributed by atoms with Crippen molar-refractivity contribution in [3.8, 4) is 0 Å². The molecule has 2 aliphatic heterocycles. The summed E-state index contributed by atoms with van der Waals surface area (Å²) < 4.78 is 2.11. The van der Waals surface area contributed by atoms with Crippen molar-refractivity contribution in [1.82, 2.24) is 19.6 Å². The van der Waals surface area contributed by atoms with Crippen molar-refractivity contribution < 1.29 is 0 Å². The van der Waals surface area contributed by atoms with Crippen LogP contribution in [0.3, 0.4) is 0 Å². The van der Waals surface area contributed by atoms with E-state index in [1.807, 2.05) is 0 Å². The van der Waals surface area contributed by atoms with Gasteiger partial charge < -0.3 is 5.32 Å². The molecule has 0 aromatic carbocycles. The fourth-order valence-electron chi connectivity index (χ4n) is 3.58. The van der Waals surface area contributed by atoms with E-state index in [0.717, 1.165) is 17.5 Å². The van der Waals surface area contributed by atoms with Crippen molar-refractivity contribution >= 4 is 16.3 Å². The number of imidazole rings is 1. The highest BCUT2D eigenvalue weighted by Gasteiger charge is 2.34. The lowest BCUT2D eigenvalue weighted by Gasteiger charge is -2.32. The molecule has 2 saturated heterocycles. The summed E-state index contributed by atoms with van der Waals surface area (Å²) in [5.41, 5.74) is 1.17. The van der Waals surface area contributed by atoms with Crippen molar-refractivity contribution in [2.75, 3.05) is 13.1 Å². The first-order valence-corrected chi connectivity index (χ1v) is 8.16. The lowest BCUT2D eigenvalue weighted by Crippen LogP contribution is -2.44. The Morgan fingerprint density at radius 1 is 1.32 bits per heavy atom. The SMILES string of the molecule is c1cn2cc(CNC3CCN4CCCCC34)nc2s1. The van der Waals surface area contributed by atoms with Crippen LogP contribution < -0.4 is 5.32 Å². The minimum Gasteiger partial charge on any atom is -0.307 e. The van der Waals surface area contributed by atoms with Gasteiger partial charge in [0.15, 0.2) is 4.96 Å². The summed E-state index contributed by atoms with van der Waals surface area (Å²) in [4.78, 5) is 8.42. The second-order valence-electron chi connectivity index (χ2n) is 5.70. The average molecular weight is 276 g/mol. The number of aromatic nitrogens is 2. The highest BCUT2D eigenvalue weighted by molar-refractivity contribution is 7.15. The topological polar surface area (TPSA) is 32.6 Å². The first-order valence-electron chi connectivity index (χ1n) is 7.29. The number of piperidine rings is 1. The summed E-state index contributed by atoms with van der Waals surface area (Å²) in [5, 5.41) is 5.81. The van der Waals surface area contributed by atoms with Crippen LogP contribution in [0.5, 0.6) is 0 Å². The zero-order valence-electron chi connectivity index (χ0n) is 11.1. The number of hydrogen-bond acceptors (Lipinski definition) is 4. The molecule has 2 aliphatic rings. The predicted molar refractivity (Wildman–Crippen MR) is 77.5 cm³/mol. The number of rotatable bonds is 3. The van der Waals surface area contributed by atoms with Gasteiger partial charge in [0.2, 0.25) is 0 Å².